The minimum atomic E-state index is -0.384. The van der Waals surface area contributed by atoms with Crippen molar-refractivity contribution in [2.75, 3.05) is 0 Å². The predicted molar refractivity (Wildman–Crippen MR) is 27.2 cm³/mol. The van der Waals surface area contributed by atoms with E-state index in [1.807, 2.05) is 0 Å². The molecule has 0 unspecified atom stereocenters. The zero-order valence-corrected chi connectivity index (χ0v) is 8.58. The molecule has 0 fully saturated rings. The molecule has 3 heteroatoms. The van der Waals surface area contributed by atoms with Crippen LogP contribution in [-0.4, -0.2) is 5.24 Å². The molecule has 0 rings (SSSR count). The van der Waals surface area contributed by atoms with Crippen molar-refractivity contribution in [2.45, 2.75) is 6.42 Å². The van der Waals surface area contributed by atoms with Crippen LogP contribution in [0.5, 0.6) is 0 Å². The van der Waals surface area contributed by atoms with Crippen molar-refractivity contribution in [3.05, 3.63) is 14.4 Å². The predicted octanol–water partition coefficient (Wildman–Crippen LogP) is -1.57. The van der Waals surface area contributed by atoms with Gasteiger partial charge >= 0.3 is 51.4 Å². The Morgan fingerprint density at radius 2 is 1.86 bits per heavy atom. The van der Waals surface area contributed by atoms with Crippen LogP contribution in [0.25, 0.3) is 0 Å². The van der Waals surface area contributed by atoms with E-state index in [9.17, 15) is 4.79 Å². The Morgan fingerprint density at radius 1 is 1.71 bits per heavy atom. The molecule has 0 aromatic heterocycles. The van der Waals surface area contributed by atoms with Crippen LogP contribution < -0.4 is 51.4 Å². The van der Waals surface area contributed by atoms with Gasteiger partial charge in [-0.25, -0.2) is 0 Å². The van der Waals surface area contributed by atoms with E-state index in [0.717, 1.165) is 0 Å². The molecule has 0 amide bonds. The number of carbonyl (C=O) groups excluding carboxylic acids is 1. The largest absolute Gasteiger partial charge is 1.00 e. The second-order valence-corrected chi connectivity index (χ2v) is 1.03. The Morgan fingerprint density at radius 3 is 1.86 bits per heavy atom. The van der Waals surface area contributed by atoms with Gasteiger partial charge in [0, 0.05) is 0 Å². The molecule has 0 aliphatic carbocycles. The number of halogens is 1. The van der Waals surface area contributed by atoms with Gasteiger partial charge in [0.2, 0.25) is 0 Å². The molecule has 0 aromatic carbocycles. The zero-order chi connectivity index (χ0) is 4.28. The quantitative estimate of drug-likeness (QED) is 0.248. The first-order chi connectivity index (χ1) is 2.27. The maximum atomic E-state index is 9.52. The summed E-state index contributed by atoms with van der Waals surface area (Å²) in [5, 5.41) is -0.384. The summed E-state index contributed by atoms with van der Waals surface area (Å²) >= 11 is 4.76. The van der Waals surface area contributed by atoms with Gasteiger partial charge < -0.3 is 14.4 Å². The molecule has 0 heterocycles. The van der Waals surface area contributed by atoms with Crippen LogP contribution in [0.4, 0.5) is 0 Å². The van der Waals surface area contributed by atoms with Crippen LogP contribution in [0, 0.1) is 14.4 Å². The second-order valence-electron chi connectivity index (χ2n) is 0.605. The zero-order valence-electron chi connectivity index (χ0n) is 4.70. The van der Waals surface area contributed by atoms with E-state index < -0.39 is 0 Å². The molecule has 0 aliphatic rings. The Kier molecular flexibility index (Phi) is 23.9. The Hall–Kier alpha value is 1.60. The number of carbonyl (C=O) groups is 1. The number of hydrogen-bond donors (Lipinski definition) is 0. The second kappa shape index (κ2) is 10.6. The first-order valence-corrected chi connectivity index (χ1v) is 1.62. The van der Waals surface area contributed by atoms with Crippen LogP contribution in [-0.2, 0) is 4.79 Å². The third-order valence-electron chi connectivity index (χ3n) is 0.197. The van der Waals surface area contributed by atoms with Crippen LogP contribution >= 0.6 is 11.6 Å². The van der Waals surface area contributed by atoms with Gasteiger partial charge in [0.15, 0.2) is 5.24 Å². The summed E-state index contributed by atoms with van der Waals surface area (Å²) < 4.78 is 0. The van der Waals surface area contributed by atoms with Gasteiger partial charge in [-0.05, 0) is 11.6 Å². The third kappa shape index (κ3) is 18.4. The molecule has 7 heavy (non-hydrogen) atoms. The molecule has 0 saturated heterocycles. The van der Waals surface area contributed by atoms with Crippen molar-refractivity contribution in [3.63, 3.8) is 0 Å². The van der Waals surface area contributed by atoms with E-state index in [0.29, 0.717) is 0 Å². The van der Waals surface area contributed by atoms with Gasteiger partial charge in [-0.2, -0.15) is 0 Å². The summed E-state index contributed by atoms with van der Waals surface area (Å²) in [6, 6.07) is 0. The average Bonchev–Trinajstić information content (AvgIpc) is 1.38. The fraction of sp³-hybridized carbons (Fsp3) is 0.250. The van der Waals surface area contributed by atoms with E-state index >= 15 is 0 Å². The normalized spacial score (nSPS) is 5.43. The smallest absolute Gasteiger partial charge is 0.358 e. The molecule has 1 nitrogen and oxygen atoms in total. The van der Waals surface area contributed by atoms with Crippen LogP contribution in [0.3, 0.4) is 0 Å². The summed E-state index contributed by atoms with van der Waals surface area (Å²) in [7, 11) is 0. The van der Waals surface area contributed by atoms with Crippen LogP contribution in [0.2, 0.25) is 0 Å². The molecular weight excluding hydrogens is 139 g/mol. The first-order valence-electron chi connectivity index (χ1n) is 1.25. The van der Waals surface area contributed by atoms with Crippen molar-refractivity contribution in [1.29, 1.82) is 0 Å². The fourth-order valence-electron chi connectivity index (χ4n) is 0. The van der Waals surface area contributed by atoms with E-state index in [4.69, 9.17) is 11.6 Å². The van der Waals surface area contributed by atoms with E-state index in [-0.39, 0.29) is 70.5 Å². The number of hydrogen-bond acceptors (Lipinski definition) is 1. The third-order valence-corrected chi connectivity index (χ3v) is 0.386. The molecule has 0 N–H and O–H groups in total. The molecule has 0 bridgehead atoms. The SMILES string of the molecule is [CH2-]CC(=O)Cl.[CH3-].[K+]. The van der Waals surface area contributed by atoms with Crippen molar-refractivity contribution in [2.24, 2.45) is 0 Å². The van der Waals surface area contributed by atoms with E-state index in [1.165, 1.54) is 0 Å². The van der Waals surface area contributed by atoms with Gasteiger partial charge in [-0.1, -0.05) is 0 Å². The van der Waals surface area contributed by atoms with Crippen LogP contribution in [0.1, 0.15) is 6.42 Å². The van der Waals surface area contributed by atoms with Gasteiger partial charge in [-0.15, -0.1) is 6.42 Å². The summed E-state index contributed by atoms with van der Waals surface area (Å²) in [6.07, 6.45) is 0.182. The van der Waals surface area contributed by atoms with E-state index in [2.05, 4.69) is 6.92 Å². The molecule has 0 aliphatic heterocycles. The Bertz CT molecular complexity index is 47.0. The van der Waals surface area contributed by atoms with E-state index in [1.54, 1.807) is 0 Å². The van der Waals surface area contributed by atoms with Gasteiger partial charge in [-0.3, -0.25) is 4.79 Å². The Labute approximate surface area is 92.2 Å². The van der Waals surface area contributed by atoms with Crippen molar-refractivity contribution in [1.82, 2.24) is 0 Å². The molecule has 0 aromatic rings. The van der Waals surface area contributed by atoms with Crippen molar-refractivity contribution < 1.29 is 56.2 Å². The molecule has 0 saturated carbocycles. The van der Waals surface area contributed by atoms with Crippen molar-refractivity contribution in [3.8, 4) is 0 Å². The summed E-state index contributed by atoms with van der Waals surface area (Å²) in [4.78, 5) is 9.52. The summed E-state index contributed by atoms with van der Waals surface area (Å²) in [5.74, 6) is 0. The number of rotatable bonds is 1. The maximum Gasteiger partial charge on any atom is 1.00 e. The summed E-state index contributed by atoms with van der Waals surface area (Å²) in [6.45, 7) is 3.20. The minimum Gasteiger partial charge on any atom is -0.358 e. The fourth-order valence-corrected chi connectivity index (χ4v) is 0. The summed E-state index contributed by atoms with van der Waals surface area (Å²) in [5.41, 5.74) is 0. The Balaban J connectivity index is -0.0000000800. The molecule has 0 atom stereocenters. The monoisotopic (exact) mass is 145 g/mol. The van der Waals surface area contributed by atoms with Gasteiger partial charge in [0.05, 0.1) is 0 Å². The molecular formula is C4H7ClKO-. The molecule has 0 radical (unpaired) electrons. The van der Waals surface area contributed by atoms with Gasteiger partial charge in [0.1, 0.15) is 0 Å². The molecule has 0 spiro atoms. The minimum absolute atomic E-state index is 0. The average molecular weight is 146 g/mol. The standard InChI is InChI=1S/C3H4ClO.CH3.K/c1-2-3(4)5;;/h1-2H2;1H3;/q2*-1;+1. The van der Waals surface area contributed by atoms with Crippen LogP contribution in [0.15, 0.2) is 0 Å². The molecule has 38 valence electrons. The first kappa shape index (κ1) is 15.8. The van der Waals surface area contributed by atoms with Crippen molar-refractivity contribution >= 4 is 16.8 Å². The maximum absolute atomic E-state index is 9.52. The topological polar surface area (TPSA) is 17.1 Å². The van der Waals surface area contributed by atoms with Gasteiger partial charge in [0.25, 0.3) is 0 Å².